The van der Waals surface area contributed by atoms with Crippen LogP contribution in [0.4, 0.5) is 0 Å². The lowest BCUT2D eigenvalue weighted by Gasteiger charge is -2.42. The lowest BCUT2D eigenvalue weighted by molar-refractivity contribution is -0.0501. The molecule has 2 aliphatic heterocycles. The number of rotatable bonds is 8. The van der Waals surface area contributed by atoms with E-state index in [1.807, 2.05) is 49.4 Å². The van der Waals surface area contributed by atoms with Gasteiger partial charge in [-0.2, -0.15) is 0 Å². The molecule has 3 aromatic carbocycles. The minimum absolute atomic E-state index is 0.116. The molecule has 0 bridgehead atoms. The van der Waals surface area contributed by atoms with Crippen molar-refractivity contribution in [3.05, 3.63) is 101 Å². The van der Waals surface area contributed by atoms with E-state index in [-0.39, 0.29) is 6.04 Å². The molecule has 206 valence electrons. The Morgan fingerprint density at radius 3 is 2.21 bits per heavy atom. The lowest BCUT2D eigenvalue weighted by Crippen LogP contribution is -2.47. The molecule has 3 aromatic rings. The molecule has 2 heterocycles. The van der Waals surface area contributed by atoms with Gasteiger partial charge in [-0.1, -0.05) is 54.6 Å². The van der Waals surface area contributed by atoms with Crippen LogP contribution >= 0.6 is 0 Å². The third-order valence-electron chi connectivity index (χ3n) is 8.10. The highest BCUT2D eigenvalue weighted by Crippen LogP contribution is 2.35. The second-order valence-electron chi connectivity index (χ2n) is 10.7. The summed E-state index contributed by atoms with van der Waals surface area (Å²) < 4.78 is 11.0. The third-order valence-corrected chi connectivity index (χ3v) is 8.10. The Hall–Kier alpha value is -3.07. The molecular formula is C32H38N2O5. The fourth-order valence-electron chi connectivity index (χ4n) is 5.48. The first-order valence-corrected chi connectivity index (χ1v) is 13.8. The maximum Gasteiger partial charge on any atom is 0.343 e. The number of benzene rings is 3. The molecule has 0 aromatic heterocycles. The fraction of sp³-hybridized carbons (Fsp3) is 0.406. The zero-order chi connectivity index (χ0) is 27.2. The van der Waals surface area contributed by atoms with Crippen LogP contribution in [0.15, 0.2) is 78.9 Å². The molecule has 39 heavy (non-hydrogen) atoms. The maximum absolute atomic E-state index is 12.7. The van der Waals surface area contributed by atoms with E-state index >= 15 is 0 Å². The zero-order valence-electron chi connectivity index (χ0n) is 22.5. The van der Waals surface area contributed by atoms with E-state index in [1.54, 1.807) is 36.4 Å². The van der Waals surface area contributed by atoms with E-state index in [1.165, 1.54) is 0 Å². The number of carbonyl (C=O) groups excluding carboxylic acids is 1. The molecule has 0 spiro atoms. The Balaban J connectivity index is 1.13. The third kappa shape index (κ3) is 6.75. The molecule has 0 amide bonds. The average molecular weight is 531 g/mol. The van der Waals surface area contributed by atoms with E-state index in [9.17, 15) is 15.0 Å². The molecule has 2 saturated heterocycles. The molecule has 7 heteroatoms. The molecule has 2 N–H and O–H groups in total. The summed E-state index contributed by atoms with van der Waals surface area (Å²) >= 11 is 0. The van der Waals surface area contributed by atoms with Gasteiger partial charge in [0.15, 0.2) is 0 Å². The lowest BCUT2D eigenvalue weighted by atomic mass is 9.83. The Morgan fingerprint density at radius 2 is 1.56 bits per heavy atom. The minimum Gasteiger partial charge on any atom is -0.423 e. The minimum atomic E-state index is -0.822. The number of aliphatic hydroxyl groups is 2. The van der Waals surface area contributed by atoms with Gasteiger partial charge in [-0.25, -0.2) is 4.79 Å². The van der Waals surface area contributed by atoms with Gasteiger partial charge < -0.3 is 19.7 Å². The van der Waals surface area contributed by atoms with Gasteiger partial charge in [0.1, 0.15) is 5.75 Å². The normalized spacial score (nSPS) is 19.8. The first-order chi connectivity index (χ1) is 18.9. The van der Waals surface area contributed by atoms with Crippen molar-refractivity contribution < 1.29 is 24.5 Å². The highest BCUT2D eigenvalue weighted by molar-refractivity contribution is 5.91. The molecule has 2 aliphatic rings. The van der Waals surface area contributed by atoms with Crippen molar-refractivity contribution in [3.8, 4) is 5.75 Å². The number of hydrogen-bond donors (Lipinski definition) is 2. The van der Waals surface area contributed by atoms with Gasteiger partial charge in [-0.3, -0.25) is 9.80 Å². The summed E-state index contributed by atoms with van der Waals surface area (Å²) in [6.07, 6.45) is 0.547. The SMILES string of the molecule is CC(C(O)c1ccc(OC(=O)c2ccc(CN3CCOCC3)cc2)cc1)N1CCC(O)(c2ccccc2)CC1. The second-order valence-corrected chi connectivity index (χ2v) is 10.7. The smallest absolute Gasteiger partial charge is 0.343 e. The van der Waals surface area contributed by atoms with Crippen LogP contribution in [-0.2, 0) is 16.9 Å². The number of piperidine rings is 1. The summed E-state index contributed by atoms with van der Waals surface area (Å²) in [4.78, 5) is 17.2. The predicted octanol–water partition coefficient (Wildman–Crippen LogP) is 4.14. The number of carbonyl (C=O) groups is 1. The fourth-order valence-corrected chi connectivity index (χ4v) is 5.48. The molecule has 2 unspecified atom stereocenters. The Labute approximate surface area is 230 Å². The van der Waals surface area contributed by atoms with E-state index < -0.39 is 17.7 Å². The van der Waals surface area contributed by atoms with Gasteiger partial charge in [0.2, 0.25) is 0 Å². The van der Waals surface area contributed by atoms with Crippen molar-refractivity contribution in [2.24, 2.45) is 0 Å². The van der Waals surface area contributed by atoms with E-state index in [0.29, 0.717) is 37.2 Å². The highest BCUT2D eigenvalue weighted by Gasteiger charge is 2.36. The molecule has 5 rings (SSSR count). The Bertz CT molecular complexity index is 1200. The number of nitrogens with zero attached hydrogens (tertiary/aromatic N) is 2. The summed E-state index contributed by atoms with van der Waals surface area (Å²) in [6.45, 7) is 7.61. The van der Waals surface area contributed by atoms with E-state index in [4.69, 9.17) is 9.47 Å². The van der Waals surface area contributed by atoms with Gasteiger partial charge in [0.05, 0.1) is 30.5 Å². The standard InChI is InChI=1S/C32H38N2O5/c1-24(34-17-15-32(37,16-18-34)28-5-3-2-4-6-28)30(35)26-11-13-29(14-12-26)39-31(36)27-9-7-25(8-10-27)23-33-19-21-38-22-20-33/h2-14,24,30,35,37H,15-23H2,1H3. The van der Waals surface area contributed by atoms with Crippen LogP contribution in [-0.4, -0.2) is 71.4 Å². The average Bonchev–Trinajstić information content (AvgIpc) is 2.98. The molecule has 7 nitrogen and oxygen atoms in total. The second kappa shape index (κ2) is 12.4. The van der Waals surface area contributed by atoms with Crippen molar-refractivity contribution in [1.29, 1.82) is 0 Å². The van der Waals surface area contributed by atoms with Crippen molar-refractivity contribution in [1.82, 2.24) is 9.80 Å². The van der Waals surface area contributed by atoms with E-state index in [2.05, 4.69) is 9.80 Å². The Kier molecular flexibility index (Phi) is 8.75. The summed E-state index contributed by atoms with van der Waals surface area (Å²) in [6, 6.07) is 24.3. The first-order valence-electron chi connectivity index (χ1n) is 13.8. The van der Waals surface area contributed by atoms with Crippen LogP contribution in [0.3, 0.4) is 0 Å². The summed E-state index contributed by atoms with van der Waals surface area (Å²) in [7, 11) is 0. The van der Waals surface area contributed by atoms with Crippen LogP contribution in [0.5, 0.6) is 5.75 Å². The number of ether oxygens (including phenoxy) is 2. The van der Waals surface area contributed by atoms with Gasteiger partial charge in [0.25, 0.3) is 0 Å². The predicted molar refractivity (Wildman–Crippen MR) is 150 cm³/mol. The molecule has 2 fully saturated rings. The van der Waals surface area contributed by atoms with Crippen molar-refractivity contribution >= 4 is 5.97 Å². The molecule has 0 radical (unpaired) electrons. The zero-order valence-corrected chi connectivity index (χ0v) is 22.5. The largest absolute Gasteiger partial charge is 0.423 e. The Morgan fingerprint density at radius 1 is 0.923 bits per heavy atom. The molecule has 0 aliphatic carbocycles. The van der Waals surface area contributed by atoms with Gasteiger partial charge >= 0.3 is 5.97 Å². The van der Waals surface area contributed by atoms with Crippen LogP contribution in [0.1, 0.15) is 52.9 Å². The summed E-state index contributed by atoms with van der Waals surface area (Å²) in [5, 5.41) is 22.2. The molecule has 0 saturated carbocycles. The highest BCUT2D eigenvalue weighted by atomic mass is 16.5. The number of likely N-dealkylation sites (tertiary alicyclic amines) is 1. The van der Waals surface area contributed by atoms with Crippen LogP contribution in [0, 0.1) is 0 Å². The van der Waals surface area contributed by atoms with E-state index in [0.717, 1.165) is 49.5 Å². The number of morpholine rings is 1. The van der Waals surface area contributed by atoms with Crippen molar-refractivity contribution in [3.63, 3.8) is 0 Å². The van der Waals surface area contributed by atoms with Gasteiger partial charge in [-0.15, -0.1) is 0 Å². The number of esters is 1. The molecular weight excluding hydrogens is 492 g/mol. The first kappa shape index (κ1) is 27.5. The summed E-state index contributed by atoms with van der Waals surface area (Å²) in [5.74, 6) is 0.0284. The summed E-state index contributed by atoms with van der Waals surface area (Å²) in [5.41, 5.74) is 2.54. The maximum atomic E-state index is 12.7. The van der Waals surface area contributed by atoms with Crippen LogP contribution < -0.4 is 4.74 Å². The van der Waals surface area contributed by atoms with Crippen molar-refractivity contribution in [2.75, 3.05) is 39.4 Å². The topological polar surface area (TPSA) is 82.5 Å². The van der Waals surface area contributed by atoms with Crippen LogP contribution in [0.2, 0.25) is 0 Å². The quantitative estimate of drug-likeness (QED) is 0.335. The van der Waals surface area contributed by atoms with Crippen LogP contribution in [0.25, 0.3) is 0 Å². The van der Waals surface area contributed by atoms with Gasteiger partial charge in [-0.05, 0) is 60.7 Å². The molecule has 2 atom stereocenters. The number of aliphatic hydroxyl groups excluding tert-OH is 1. The van der Waals surface area contributed by atoms with Crippen molar-refractivity contribution in [2.45, 2.75) is 44.1 Å². The van der Waals surface area contributed by atoms with Gasteiger partial charge in [0, 0.05) is 38.8 Å². The monoisotopic (exact) mass is 530 g/mol. The number of hydrogen-bond acceptors (Lipinski definition) is 7.